The molecule has 58 heavy (non-hydrogen) atoms. The lowest BCUT2D eigenvalue weighted by Gasteiger charge is -2.46. The Morgan fingerprint density at radius 2 is 1.64 bits per heavy atom. The van der Waals surface area contributed by atoms with Crippen LogP contribution < -0.4 is 14.2 Å². The molecule has 3 N–H and O–H groups in total. The topological polar surface area (TPSA) is 118 Å². The lowest BCUT2D eigenvalue weighted by atomic mass is 9.64. The maximum Gasteiger partial charge on any atom is 0.193 e. The van der Waals surface area contributed by atoms with Crippen molar-refractivity contribution in [3.8, 4) is 17.2 Å². The molecular formula is C49H61NO8. The van der Waals surface area contributed by atoms with E-state index < -0.39 is 23.2 Å². The first-order valence-electron chi connectivity index (χ1n) is 20.6. The van der Waals surface area contributed by atoms with E-state index in [4.69, 9.17) is 18.9 Å². The van der Waals surface area contributed by atoms with Gasteiger partial charge in [-0.25, -0.2) is 0 Å². The molecule has 7 rings (SSSR count). The highest BCUT2D eigenvalue weighted by atomic mass is 16.5. The van der Waals surface area contributed by atoms with Gasteiger partial charge in [-0.15, -0.1) is 0 Å². The average Bonchev–Trinajstić information content (AvgIpc) is 3.48. The summed E-state index contributed by atoms with van der Waals surface area (Å²) in [5.41, 5.74) is 4.26. The van der Waals surface area contributed by atoms with E-state index in [1.165, 1.54) is 5.57 Å². The molecule has 3 aliphatic rings. The molecule has 0 aliphatic heterocycles. The van der Waals surface area contributed by atoms with Crippen molar-refractivity contribution in [3.05, 3.63) is 136 Å². The number of aliphatic hydroxyl groups excluding tert-OH is 2. The van der Waals surface area contributed by atoms with Crippen molar-refractivity contribution in [2.24, 2.45) is 5.41 Å². The zero-order chi connectivity index (χ0) is 41.3. The minimum Gasteiger partial charge on any atom is -0.497 e. The Hall–Kier alpha value is -4.51. The Morgan fingerprint density at radius 1 is 0.897 bits per heavy atom. The molecule has 0 unspecified atom stereocenters. The van der Waals surface area contributed by atoms with Crippen molar-refractivity contribution in [2.45, 2.75) is 95.7 Å². The Kier molecular flexibility index (Phi) is 14.5. The van der Waals surface area contributed by atoms with Crippen LogP contribution in [0.5, 0.6) is 17.2 Å². The number of ketones is 1. The summed E-state index contributed by atoms with van der Waals surface area (Å²) >= 11 is 0. The molecular weight excluding hydrogens is 731 g/mol. The third kappa shape index (κ3) is 10.2. The molecule has 5 atom stereocenters. The fourth-order valence-corrected chi connectivity index (χ4v) is 9.11. The molecule has 4 aromatic rings. The predicted molar refractivity (Wildman–Crippen MR) is 227 cm³/mol. The van der Waals surface area contributed by atoms with E-state index in [1.807, 2.05) is 60.7 Å². The van der Waals surface area contributed by atoms with Crippen molar-refractivity contribution in [2.75, 3.05) is 41.0 Å². The Labute approximate surface area is 344 Å². The molecule has 0 amide bonds. The number of hydrogen-bond acceptors (Lipinski definition) is 9. The van der Waals surface area contributed by atoms with E-state index in [0.717, 1.165) is 35.1 Å². The fourth-order valence-electron chi connectivity index (χ4n) is 9.11. The van der Waals surface area contributed by atoms with Gasteiger partial charge in [0.25, 0.3) is 0 Å². The zero-order valence-corrected chi connectivity index (χ0v) is 34.8. The van der Waals surface area contributed by atoms with Gasteiger partial charge in [-0.3, -0.25) is 9.69 Å². The maximum atomic E-state index is 14.5. The van der Waals surface area contributed by atoms with Crippen LogP contribution in [0.2, 0.25) is 0 Å². The van der Waals surface area contributed by atoms with Gasteiger partial charge in [0.1, 0.15) is 17.2 Å². The van der Waals surface area contributed by atoms with Crippen LogP contribution in [-0.2, 0) is 24.3 Å². The molecule has 2 bridgehead atoms. The normalized spacial score (nSPS) is 22.8. The molecule has 1 fully saturated rings. The van der Waals surface area contributed by atoms with E-state index >= 15 is 0 Å². The van der Waals surface area contributed by atoms with Gasteiger partial charge in [-0.05, 0) is 111 Å². The largest absolute Gasteiger partial charge is 0.497 e. The van der Waals surface area contributed by atoms with Gasteiger partial charge in [-0.2, -0.15) is 0 Å². The van der Waals surface area contributed by atoms with E-state index in [1.54, 1.807) is 45.6 Å². The van der Waals surface area contributed by atoms with Crippen LogP contribution in [0.3, 0.4) is 0 Å². The third-order valence-electron chi connectivity index (χ3n) is 12.5. The molecule has 3 aliphatic carbocycles. The van der Waals surface area contributed by atoms with Crippen molar-refractivity contribution in [3.63, 3.8) is 0 Å². The number of hydrogen-bond donors (Lipinski definition) is 3. The van der Waals surface area contributed by atoms with Crippen LogP contribution in [-0.4, -0.2) is 84.8 Å². The summed E-state index contributed by atoms with van der Waals surface area (Å²) in [6.07, 6.45) is 5.31. The van der Waals surface area contributed by atoms with Gasteiger partial charge < -0.3 is 34.3 Å². The summed E-state index contributed by atoms with van der Waals surface area (Å²) < 4.78 is 22.6. The monoisotopic (exact) mass is 791 g/mol. The lowest BCUT2D eigenvalue weighted by Crippen LogP contribution is -2.53. The number of carbonyl (C=O) groups is 1. The number of rotatable bonds is 15. The highest BCUT2D eigenvalue weighted by Gasteiger charge is 2.57. The molecule has 310 valence electrons. The zero-order valence-electron chi connectivity index (χ0n) is 34.8. The lowest BCUT2D eigenvalue weighted by molar-refractivity contribution is -0.0924. The number of methoxy groups -OCH3 is 3. The summed E-state index contributed by atoms with van der Waals surface area (Å²) in [6, 6.07) is 28.9. The van der Waals surface area contributed by atoms with E-state index in [2.05, 4.69) is 30.9 Å². The smallest absolute Gasteiger partial charge is 0.193 e. The minimum absolute atomic E-state index is 0.0959. The molecule has 9 nitrogen and oxygen atoms in total. The molecule has 9 heteroatoms. The SMILES string of the molecule is COc1ccc(C(=O)c2cc3ccc2[C@@H]2CC[C@@](O)(CN(Cc4ccc(OC)cc4OC)C[C@@H](O)COCc4ccccc4)[C@@]2(C)CCC=C(C)CC[C@H](O)C3)cc1. The van der Waals surface area contributed by atoms with Crippen molar-refractivity contribution >= 4 is 5.78 Å². The average molecular weight is 792 g/mol. The number of aliphatic hydroxyl groups is 3. The van der Waals surface area contributed by atoms with Gasteiger partial charge in [0.15, 0.2) is 5.78 Å². The molecule has 0 saturated heterocycles. The van der Waals surface area contributed by atoms with E-state index in [9.17, 15) is 20.1 Å². The minimum atomic E-state index is -1.20. The number of ether oxygens (including phenoxy) is 4. The van der Waals surface area contributed by atoms with Crippen molar-refractivity contribution in [1.82, 2.24) is 4.90 Å². The molecule has 0 heterocycles. The van der Waals surface area contributed by atoms with Crippen LogP contribution in [0, 0.1) is 5.41 Å². The second-order valence-corrected chi connectivity index (χ2v) is 16.5. The highest BCUT2D eigenvalue weighted by Crippen LogP contribution is 2.59. The predicted octanol–water partition coefficient (Wildman–Crippen LogP) is 8.06. The van der Waals surface area contributed by atoms with Crippen LogP contribution in [0.4, 0.5) is 0 Å². The molecule has 4 aromatic carbocycles. The Morgan fingerprint density at radius 3 is 2.36 bits per heavy atom. The van der Waals surface area contributed by atoms with Gasteiger partial charge in [0.2, 0.25) is 0 Å². The van der Waals surface area contributed by atoms with E-state index in [0.29, 0.717) is 73.6 Å². The van der Waals surface area contributed by atoms with Crippen molar-refractivity contribution < 1.29 is 39.1 Å². The molecule has 1 saturated carbocycles. The van der Waals surface area contributed by atoms with Crippen LogP contribution in [0.1, 0.15) is 96.5 Å². The fraction of sp³-hybridized carbons (Fsp3) is 0.449. The van der Waals surface area contributed by atoms with Gasteiger partial charge in [0.05, 0.1) is 52.4 Å². The number of carbonyl (C=O) groups excluding carboxylic acids is 1. The number of nitrogens with zero attached hydrogens (tertiary/aromatic N) is 1. The standard InChI is InChI=1S/C49H61NO8/c1-34-10-9-24-48(2)45(43-22-14-36(26-39(51)18-13-34)27-44(43)47(53)37-15-19-41(55-3)20-16-37)23-25-49(48,54)33-50(29-38-17-21-42(56-4)28-46(38)57-5)30-40(52)32-58-31-35-11-7-6-8-12-35/h6-8,10-12,14-17,19-22,27-28,39-40,45,51-52,54H,9,13,18,23-26,29-33H2,1-5H3/t39-,40+,45-,48-,49+/m0/s1. The Balaban J connectivity index is 1.36. The number of allylic oxidation sites excluding steroid dienone is 2. The summed E-state index contributed by atoms with van der Waals surface area (Å²) in [5.74, 6) is 1.76. The summed E-state index contributed by atoms with van der Waals surface area (Å²) in [5, 5.41) is 35.8. The van der Waals surface area contributed by atoms with Crippen LogP contribution in [0.15, 0.2) is 103 Å². The summed E-state index contributed by atoms with van der Waals surface area (Å²) in [6.45, 7) is 5.75. The number of benzene rings is 4. The Bertz CT molecular complexity index is 2000. The molecule has 0 spiro atoms. The van der Waals surface area contributed by atoms with Crippen molar-refractivity contribution in [1.29, 1.82) is 0 Å². The summed E-state index contributed by atoms with van der Waals surface area (Å²) in [7, 11) is 4.86. The molecule has 0 radical (unpaired) electrons. The van der Waals surface area contributed by atoms with Gasteiger partial charge in [0, 0.05) is 47.8 Å². The molecule has 0 aromatic heterocycles. The van der Waals surface area contributed by atoms with E-state index in [-0.39, 0.29) is 31.4 Å². The first kappa shape index (κ1) is 43.1. The van der Waals surface area contributed by atoms with Gasteiger partial charge >= 0.3 is 0 Å². The first-order chi connectivity index (χ1) is 27.9. The first-order valence-corrected chi connectivity index (χ1v) is 20.6. The van der Waals surface area contributed by atoms with Gasteiger partial charge in [-0.1, -0.05) is 67.1 Å². The third-order valence-corrected chi connectivity index (χ3v) is 12.5. The summed E-state index contributed by atoms with van der Waals surface area (Å²) in [4.78, 5) is 16.6. The second-order valence-electron chi connectivity index (χ2n) is 16.5. The maximum absolute atomic E-state index is 14.5. The van der Waals surface area contributed by atoms with Crippen LogP contribution >= 0.6 is 0 Å². The highest BCUT2D eigenvalue weighted by molar-refractivity contribution is 6.10. The quantitative estimate of drug-likeness (QED) is 0.0812. The second kappa shape index (κ2) is 19.5. The van der Waals surface area contributed by atoms with Crippen LogP contribution in [0.25, 0.3) is 0 Å². The number of fused-ring (bicyclic) bond motifs is 8.